The van der Waals surface area contributed by atoms with Gasteiger partial charge in [0.2, 0.25) is 0 Å². The van der Waals surface area contributed by atoms with E-state index in [1.54, 1.807) is 24.3 Å². The van der Waals surface area contributed by atoms with Crippen molar-refractivity contribution < 1.29 is 18.3 Å². The van der Waals surface area contributed by atoms with Crippen molar-refractivity contribution >= 4 is 27.7 Å². The second kappa shape index (κ2) is 5.23. The predicted octanol–water partition coefficient (Wildman–Crippen LogP) is 3.46. The summed E-state index contributed by atoms with van der Waals surface area (Å²) in [5.41, 5.74) is 0. The molecule has 0 aromatic heterocycles. The molecule has 1 N–H and O–H groups in total. The molecule has 0 saturated carbocycles. The average Bonchev–Trinajstić information content (AvgIpc) is 2.12. The SMILES string of the molecule is OC(CSc1cccc(Br)c1)C(F)(F)F. The largest absolute Gasteiger partial charge is 0.415 e. The van der Waals surface area contributed by atoms with E-state index in [9.17, 15) is 13.2 Å². The molecule has 0 aliphatic heterocycles. The molecule has 1 nitrogen and oxygen atoms in total. The maximum atomic E-state index is 12.0. The summed E-state index contributed by atoms with van der Waals surface area (Å²) in [6.45, 7) is 0. The third-order valence-electron chi connectivity index (χ3n) is 1.58. The maximum absolute atomic E-state index is 12.0. The first-order valence-electron chi connectivity index (χ1n) is 4.03. The number of halogens is 4. The summed E-state index contributed by atoms with van der Waals surface area (Å²) in [4.78, 5) is 0.688. The van der Waals surface area contributed by atoms with Gasteiger partial charge in [-0.3, -0.25) is 0 Å². The molecule has 0 radical (unpaired) electrons. The van der Waals surface area contributed by atoms with E-state index in [1.807, 2.05) is 0 Å². The van der Waals surface area contributed by atoms with Crippen LogP contribution in [0.3, 0.4) is 0 Å². The molecule has 1 atom stereocenters. The number of rotatable bonds is 3. The molecule has 1 unspecified atom stereocenters. The monoisotopic (exact) mass is 300 g/mol. The normalized spacial score (nSPS) is 13.9. The van der Waals surface area contributed by atoms with E-state index in [2.05, 4.69) is 15.9 Å². The molecule has 6 heteroatoms. The molecule has 0 heterocycles. The molecule has 0 fully saturated rings. The van der Waals surface area contributed by atoms with E-state index in [1.165, 1.54) is 0 Å². The van der Waals surface area contributed by atoms with E-state index >= 15 is 0 Å². The second-order valence-electron chi connectivity index (χ2n) is 2.83. The van der Waals surface area contributed by atoms with Crippen molar-refractivity contribution in [3.05, 3.63) is 28.7 Å². The third kappa shape index (κ3) is 4.44. The van der Waals surface area contributed by atoms with Crippen molar-refractivity contribution in [3.8, 4) is 0 Å². The third-order valence-corrected chi connectivity index (χ3v) is 3.14. The lowest BCUT2D eigenvalue weighted by Gasteiger charge is -2.13. The van der Waals surface area contributed by atoms with Crippen LogP contribution in [0, 0.1) is 0 Å². The lowest BCUT2D eigenvalue weighted by Crippen LogP contribution is -2.30. The van der Waals surface area contributed by atoms with E-state index in [0.29, 0.717) is 4.90 Å². The molecule has 1 aromatic rings. The predicted molar refractivity (Wildman–Crippen MR) is 56.9 cm³/mol. The highest BCUT2D eigenvalue weighted by Crippen LogP contribution is 2.27. The number of hydrogen-bond donors (Lipinski definition) is 1. The quantitative estimate of drug-likeness (QED) is 0.863. The Balaban J connectivity index is 2.51. The summed E-state index contributed by atoms with van der Waals surface area (Å²) < 4.78 is 36.7. The first kappa shape index (κ1) is 12.9. The Kier molecular flexibility index (Phi) is 4.48. The topological polar surface area (TPSA) is 20.2 Å². The van der Waals surface area contributed by atoms with Crippen LogP contribution >= 0.6 is 27.7 Å². The van der Waals surface area contributed by atoms with Crippen LogP contribution in [0.5, 0.6) is 0 Å². The Labute approximate surface area is 97.8 Å². The van der Waals surface area contributed by atoms with Gasteiger partial charge in [0.1, 0.15) is 0 Å². The fourth-order valence-corrected chi connectivity index (χ4v) is 2.30. The van der Waals surface area contributed by atoms with E-state index in [-0.39, 0.29) is 5.75 Å². The van der Waals surface area contributed by atoms with Gasteiger partial charge in [0.05, 0.1) is 0 Å². The van der Waals surface area contributed by atoms with Crippen molar-refractivity contribution in [2.24, 2.45) is 0 Å². The summed E-state index contributed by atoms with van der Waals surface area (Å²) in [5, 5.41) is 8.76. The van der Waals surface area contributed by atoms with Gasteiger partial charge in [0.25, 0.3) is 0 Å². The van der Waals surface area contributed by atoms with E-state index in [0.717, 1.165) is 16.2 Å². The maximum Gasteiger partial charge on any atom is 0.415 e. The van der Waals surface area contributed by atoms with Crippen LogP contribution in [-0.4, -0.2) is 23.1 Å². The van der Waals surface area contributed by atoms with Crippen molar-refractivity contribution in [3.63, 3.8) is 0 Å². The highest BCUT2D eigenvalue weighted by atomic mass is 79.9. The minimum absolute atomic E-state index is 0.389. The average molecular weight is 301 g/mol. The molecule has 84 valence electrons. The van der Waals surface area contributed by atoms with Crippen molar-refractivity contribution in [1.29, 1.82) is 0 Å². The number of hydrogen-bond acceptors (Lipinski definition) is 2. The van der Waals surface area contributed by atoms with E-state index < -0.39 is 12.3 Å². The summed E-state index contributed by atoms with van der Waals surface area (Å²) in [6, 6.07) is 6.91. The lowest BCUT2D eigenvalue weighted by molar-refractivity contribution is -0.195. The Morgan fingerprint density at radius 2 is 2.07 bits per heavy atom. The molecule has 15 heavy (non-hydrogen) atoms. The molecular formula is C9H8BrF3OS. The van der Waals surface area contributed by atoms with Gasteiger partial charge in [0.15, 0.2) is 6.10 Å². The Morgan fingerprint density at radius 1 is 1.40 bits per heavy atom. The van der Waals surface area contributed by atoms with Gasteiger partial charge in [-0.25, -0.2) is 0 Å². The van der Waals surface area contributed by atoms with Crippen LogP contribution < -0.4 is 0 Å². The molecule has 1 rings (SSSR count). The Hall–Kier alpha value is -0.200. The van der Waals surface area contributed by atoms with Crippen molar-refractivity contribution in [2.75, 3.05) is 5.75 Å². The second-order valence-corrected chi connectivity index (χ2v) is 4.83. The first-order chi connectivity index (χ1) is 6.89. The highest BCUT2D eigenvalue weighted by molar-refractivity contribution is 9.10. The van der Waals surface area contributed by atoms with Crippen LogP contribution in [0.25, 0.3) is 0 Å². The molecule has 0 spiro atoms. The van der Waals surface area contributed by atoms with Gasteiger partial charge in [-0.05, 0) is 18.2 Å². The fourth-order valence-electron chi connectivity index (χ4n) is 0.826. The number of aliphatic hydroxyl groups is 1. The molecule has 0 amide bonds. The molecule has 0 aliphatic carbocycles. The minimum Gasteiger partial charge on any atom is -0.383 e. The summed E-state index contributed by atoms with van der Waals surface area (Å²) in [7, 11) is 0. The standard InChI is InChI=1S/C9H8BrF3OS/c10-6-2-1-3-7(4-6)15-5-8(14)9(11,12)13/h1-4,8,14H,5H2. The van der Waals surface area contributed by atoms with Gasteiger partial charge in [0, 0.05) is 15.1 Å². The summed E-state index contributed by atoms with van der Waals surface area (Å²) in [6.07, 6.45) is -6.82. The number of aliphatic hydroxyl groups excluding tert-OH is 1. The van der Waals surface area contributed by atoms with Gasteiger partial charge in [-0.15, -0.1) is 11.8 Å². The number of alkyl halides is 3. The van der Waals surface area contributed by atoms with Gasteiger partial charge >= 0.3 is 6.18 Å². The van der Waals surface area contributed by atoms with Crippen molar-refractivity contribution in [1.82, 2.24) is 0 Å². The van der Waals surface area contributed by atoms with Crippen LogP contribution in [0.2, 0.25) is 0 Å². The lowest BCUT2D eigenvalue weighted by atomic mass is 10.4. The molecular weight excluding hydrogens is 293 g/mol. The zero-order valence-electron chi connectivity index (χ0n) is 7.46. The van der Waals surface area contributed by atoms with Crippen molar-refractivity contribution in [2.45, 2.75) is 17.2 Å². The number of benzene rings is 1. The van der Waals surface area contributed by atoms with Crippen LogP contribution in [0.15, 0.2) is 33.6 Å². The van der Waals surface area contributed by atoms with Gasteiger partial charge < -0.3 is 5.11 Å². The van der Waals surface area contributed by atoms with E-state index in [4.69, 9.17) is 5.11 Å². The molecule has 0 saturated heterocycles. The fraction of sp³-hybridized carbons (Fsp3) is 0.333. The van der Waals surface area contributed by atoms with Crippen LogP contribution in [-0.2, 0) is 0 Å². The Morgan fingerprint density at radius 3 is 2.60 bits per heavy atom. The molecule has 0 aliphatic rings. The molecule has 1 aromatic carbocycles. The first-order valence-corrected chi connectivity index (χ1v) is 5.80. The Bertz CT molecular complexity index is 329. The minimum atomic E-state index is -4.54. The van der Waals surface area contributed by atoms with Gasteiger partial charge in [-0.2, -0.15) is 13.2 Å². The zero-order valence-corrected chi connectivity index (χ0v) is 9.86. The zero-order chi connectivity index (χ0) is 11.5. The smallest absolute Gasteiger partial charge is 0.383 e. The van der Waals surface area contributed by atoms with Crippen LogP contribution in [0.4, 0.5) is 13.2 Å². The van der Waals surface area contributed by atoms with Gasteiger partial charge in [-0.1, -0.05) is 22.0 Å². The highest BCUT2D eigenvalue weighted by Gasteiger charge is 2.37. The number of thioether (sulfide) groups is 1. The van der Waals surface area contributed by atoms with Crippen LogP contribution in [0.1, 0.15) is 0 Å². The molecule has 0 bridgehead atoms. The summed E-state index contributed by atoms with van der Waals surface area (Å²) >= 11 is 4.18. The summed E-state index contributed by atoms with van der Waals surface area (Å²) in [5.74, 6) is -0.389.